The first kappa shape index (κ1) is 19.1. The van der Waals surface area contributed by atoms with Crippen LogP contribution in [0.3, 0.4) is 0 Å². The van der Waals surface area contributed by atoms with Gasteiger partial charge in [-0.15, -0.1) is 0 Å². The molecule has 0 aliphatic carbocycles. The summed E-state index contributed by atoms with van der Waals surface area (Å²) in [5.41, 5.74) is 2.21. The lowest BCUT2D eigenvalue weighted by Crippen LogP contribution is -2.48. The van der Waals surface area contributed by atoms with Gasteiger partial charge < -0.3 is 10.1 Å². The number of hydrogen-bond donors (Lipinski definition) is 1. The van der Waals surface area contributed by atoms with Crippen molar-refractivity contribution in [3.05, 3.63) is 59.9 Å². The highest BCUT2D eigenvalue weighted by Crippen LogP contribution is 2.26. The third kappa shape index (κ3) is 4.10. The number of fused-ring (bicyclic) bond motifs is 1. The van der Waals surface area contributed by atoms with Crippen LogP contribution in [0.5, 0.6) is 0 Å². The van der Waals surface area contributed by atoms with Crippen LogP contribution in [0.1, 0.15) is 30.6 Å². The molecular formula is C23H27FN2O2. The van der Waals surface area contributed by atoms with Crippen LogP contribution in [0.15, 0.2) is 48.5 Å². The summed E-state index contributed by atoms with van der Waals surface area (Å²) in [4.78, 5) is 15.2. The van der Waals surface area contributed by atoms with E-state index in [9.17, 15) is 9.18 Å². The Balaban J connectivity index is 1.41. The lowest BCUT2D eigenvalue weighted by atomic mass is 10.0. The molecule has 0 bridgehead atoms. The Hall–Kier alpha value is -2.24. The van der Waals surface area contributed by atoms with Crippen LogP contribution in [-0.2, 0) is 4.74 Å². The van der Waals surface area contributed by atoms with Gasteiger partial charge in [0.2, 0.25) is 0 Å². The zero-order valence-electron chi connectivity index (χ0n) is 16.4. The van der Waals surface area contributed by atoms with E-state index in [1.54, 1.807) is 12.1 Å². The second-order valence-electron chi connectivity index (χ2n) is 8.22. The van der Waals surface area contributed by atoms with Gasteiger partial charge in [-0.3, -0.25) is 9.69 Å². The fourth-order valence-corrected chi connectivity index (χ4v) is 4.18. The van der Waals surface area contributed by atoms with E-state index in [-0.39, 0.29) is 23.9 Å². The Bertz CT molecular complexity index is 854. The maximum Gasteiger partial charge on any atom is 0.251 e. The summed E-state index contributed by atoms with van der Waals surface area (Å²) in [7, 11) is 0. The summed E-state index contributed by atoms with van der Waals surface area (Å²) >= 11 is 0. The smallest absolute Gasteiger partial charge is 0.251 e. The number of morpholine rings is 1. The number of halogens is 1. The minimum absolute atomic E-state index is 0.0792. The van der Waals surface area contributed by atoms with E-state index in [4.69, 9.17) is 4.74 Å². The predicted molar refractivity (Wildman–Crippen MR) is 108 cm³/mol. The maximum absolute atomic E-state index is 13.5. The number of carbonyl (C=O) groups is 1. The summed E-state index contributed by atoms with van der Waals surface area (Å²) in [6.45, 7) is 6.92. The van der Waals surface area contributed by atoms with Crippen LogP contribution in [0, 0.1) is 11.7 Å². The molecule has 2 aromatic rings. The van der Waals surface area contributed by atoms with Crippen LogP contribution < -0.4 is 5.32 Å². The van der Waals surface area contributed by atoms with Crippen LogP contribution in [-0.4, -0.2) is 48.7 Å². The molecule has 2 heterocycles. The summed E-state index contributed by atoms with van der Waals surface area (Å²) in [5, 5.41) is 3.18. The number of benzene rings is 2. The van der Waals surface area contributed by atoms with Gasteiger partial charge in [-0.1, -0.05) is 38.1 Å². The van der Waals surface area contributed by atoms with Crippen molar-refractivity contribution in [1.82, 2.24) is 10.2 Å². The lowest BCUT2D eigenvalue weighted by Gasteiger charge is -2.36. The van der Waals surface area contributed by atoms with E-state index in [0.29, 0.717) is 17.5 Å². The number of ether oxygens (including phenoxy) is 1. The van der Waals surface area contributed by atoms with E-state index in [2.05, 4.69) is 24.1 Å². The van der Waals surface area contributed by atoms with E-state index >= 15 is 0 Å². The van der Waals surface area contributed by atoms with Gasteiger partial charge in [0, 0.05) is 30.7 Å². The second kappa shape index (κ2) is 8.02. The summed E-state index contributed by atoms with van der Waals surface area (Å²) < 4.78 is 19.5. The molecule has 2 aliphatic rings. The summed E-state index contributed by atoms with van der Waals surface area (Å²) in [6.07, 6.45) is 1.19. The molecule has 148 valence electrons. The van der Waals surface area contributed by atoms with Gasteiger partial charge >= 0.3 is 0 Å². The molecule has 1 N–H and O–H groups in total. The van der Waals surface area contributed by atoms with Crippen molar-refractivity contribution >= 4 is 5.91 Å². The highest BCUT2D eigenvalue weighted by atomic mass is 19.1. The quantitative estimate of drug-likeness (QED) is 0.876. The standard InChI is InChI=1S/C23H27FN2O2/c1-15(2)22-13-26-12-20(11-21(26)14-28-22)25-23(27)18-7-3-5-16(9-18)17-6-4-8-19(24)10-17/h3-10,15,20-22H,11-14H2,1-2H3,(H,25,27)/t20-,21-,22+/m0/s1. The zero-order chi connectivity index (χ0) is 19.7. The molecule has 2 aromatic carbocycles. The Morgan fingerprint density at radius 1 is 1.14 bits per heavy atom. The molecule has 2 aliphatic heterocycles. The van der Waals surface area contributed by atoms with Crippen LogP contribution in [0.25, 0.3) is 11.1 Å². The SMILES string of the molecule is CC(C)[C@H]1CN2C[C@@H](NC(=O)c3cccc(-c4cccc(F)c4)c3)C[C@H]2CO1. The largest absolute Gasteiger partial charge is 0.375 e. The highest BCUT2D eigenvalue weighted by molar-refractivity contribution is 5.95. The minimum atomic E-state index is -0.281. The number of amides is 1. The molecule has 28 heavy (non-hydrogen) atoms. The van der Waals surface area contributed by atoms with E-state index in [1.807, 2.05) is 24.3 Å². The Kier molecular flexibility index (Phi) is 5.47. The molecule has 2 fully saturated rings. The van der Waals surface area contributed by atoms with Gasteiger partial charge in [-0.2, -0.15) is 0 Å². The maximum atomic E-state index is 13.5. The van der Waals surface area contributed by atoms with Gasteiger partial charge in [0.1, 0.15) is 5.82 Å². The van der Waals surface area contributed by atoms with Crippen molar-refractivity contribution in [3.8, 4) is 11.1 Å². The van der Waals surface area contributed by atoms with Gasteiger partial charge in [-0.25, -0.2) is 4.39 Å². The van der Waals surface area contributed by atoms with Crippen molar-refractivity contribution in [1.29, 1.82) is 0 Å². The van der Waals surface area contributed by atoms with Crippen LogP contribution >= 0.6 is 0 Å². The average molecular weight is 382 g/mol. The first-order valence-electron chi connectivity index (χ1n) is 10.0. The van der Waals surface area contributed by atoms with Crippen molar-refractivity contribution in [2.45, 2.75) is 38.5 Å². The molecule has 4 rings (SSSR count). The average Bonchev–Trinajstić information content (AvgIpc) is 3.09. The molecular weight excluding hydrogens is 355 g/mol. The highest BCUT2D eigenvalue weighted by Gasteiger charge is 2.38. The number of carbonyl (C=O) groups excluding carboxylic acids is 1. The number of nitrogens with zero attached hydrogens (tertiary/aromatic N) is 1. The first-order valence-corrected chi connectivity index (χ1v) is 10.0. The molecule has 1 amide bonds. The first-order chi connectivity index (χ1) is 13.5. The number of hydrogen-bond acceptors (Lipinski definition) is 3. The molecule has 0 unspecified atom stereocenters. The van der Waals surface area contributed by atoms with Gasteiger partial charge in [-0.05, 0) is 47.7 Å². The topological polar surface area (TPSA) is 41.6 Å². The van der Waals surface area contributed by atoms with Crippen LogP contribution in [0.4, 0.5) is 4.39 Å². The fraction of sp³-hybridized carbons (Fsp3) is 0.435. The normalized spacial score (nSPS) is 24.9. The van der Waals surface area contributed by atoms with Crippen molar-refractivity contribution in [2.75, 3.05) is 19.7 Å². The lowest BCUT2D eigenvalue weighted by molar-refractivity contribution is -0.0683. The van der Waals surface area contributed by atoms with Crippen molar-refractivity contribution in [2.24, 2.45) is 5.92 Å². The molecule has 0 radical (unpaired) electrons. The van der Waals surface area contributed by atoms with E-state index in [0.717, 1.165) is 37.2 Å². The summed E-state index contributed by atoms with van der Waals surface area (Å²) in [6, 6.07) is 14.3. The fourth-order valence-electron chi connectivity index (χ4n) is 4.18. The zero-order valence-corrected chi connectivity index (χ0v) is 16.4. The molecule has 0 aromatic heterocycles. The molecule has 0 saturated carbocycles. The van der Waals surface area contributed by atoms with Gasteiger partial charge in [0.05, 0.1) is 12.7 Å². The second-order valence-corrected chi connectivity index (χ2v) is 8.22. The predicted octanol–water partition coefficient (Wildman–Crippen LogP) is 3.72. The Morgan fingerprint density at radius 2 is 1.89 bits per heavy atom. The molecule has 4 nitrogen and oxygen atoms in total. The van der Waals surface area contributed by atoms with Gasteiger partial charge in [0.25, 0.3) is 5.91 Å². The summed E-state index contributed by atoms with van der Waals surface area (Å²) in [5.74, 6) is 0.140. The van der Waals surface area contributed by atoms with Crippen molar-refractivity contribution < 1.29 is 13.9 Å². The third-order valence-corrected chi connectivity index (χ3v) is 5.81. The van der Waals surface area contributed by atoms with Crippen LogP contribution in [0.2, 0.25) is 0 Å². The van der Waals surface area contributed by atoms with Crippen molar-refractivity contribution in [3.63, 3.8) is 0 Å². The molecule has 3 atom stereocenters. The third-order valence-electron chi connectivity index (χ3n) is 5.81. The molecule has 5 heteroatoms. The molecule has 2 saturated heterocycles. The number of rotatable bonds is 4. The Morgan fingerprint density at radius 3 is 2.64 bits per heavy atom. The van der Waals surface area contributed by atoms with E-state index < -0.39 is 0 Å². The van der Waals surface area contributed by atoms with Gasteiger partial charge in [0.15, 0.2) is 0 Å². The number of nitrogens with one attached hydrogen (secondary N) is 1. The molecule has 0 spiro atoms. The van der Waals surface area contributed by atoms with E-state index in [1.165, 1.54) is 12.1 Å². The Labute approximate surface area is 165 Å². The monoisotopic (exact) mass is 382 g/mol. The minimum Gasteiger partial charge on any atom is -0.375 e.